The molecule has 218 valence electrons. The first kappa shape index (κ1) is 30.3. The van der Waals surface area contributed by atoms with E-state index in [1.807, 2.05) is 24.3 Å². The summed E-state index contributed by atoms with van der Waals surface area (Å²) in [5.74, 6) is -0.819. The fourth-order valence-corrected chi connectivity index (χ4v) is 5.13. The van der Waals surface area contributed by atoms with Gasteiger partial charge in [0.15, 0.2) is 5.17 Å². The van der Waals surface area contributed by atoms with Crippen LogP contribution in [0.25, 0.3) is 0 Å². The summed E-state index contributed by atoms with van der Waals surface area (Å²) < 4.78 is 15.3. The van der Waals surface area contributed by atoms with Crippen LogP contribution in [-0.4, -0.2) is 59.4 Å². The molecule has 1 aliphatic heterocycles. The van der Waals surface area contributed by atoms with Crippen LogP contribution in [-0.2, 0) is 25.6 Å². The van der Waals surface area contributed by atoms with E-state index in [1.165, 1.54) is 11.8 Å². The van der Waals surface area contributed by atoms with Crippen LogP contribution in [0, 0.1) is 0 Å². The number of amidine groups is 1. The lowest BCUT2D eigenvalue weighted by Crippen LogP contribution is -2.44. The van der Waals surface area contributed by atoms with Gasteiger partial charge in [0.1, 0.15) is 11.0 Å². The van der Waals surface area contributed by atoms with Crippen LogP contribution in [0.4, 0.5) is 11.4 Å². The zero-order chi connectivity index (χ0) is 30.1. The van der Waals surface area contributed by atoms with Crippen molar-refractivity contribution >= 4 is 52.1 Å². The predicted octanol–water partition coefficient (Wildman–Crippen LogP) is 5.21. The van der Waals surface area contributed by atoms with Gasteiger partial charge in [-0.15, -0.1) is 0 Å². The number of benzene rings is 3. The predicted molar refractivity (Wildman–Crippen MR) is 160 cm³/mol. The van der Waals surface area contributed by atoms with Gasteiger partial charge in [-0.3, -0.25) is 14.5 Å². The van der Waals surface area contributed by atoms with Crippen LogP contribution in [0.5, 0.6) is 5.75 Å². The highest BCUT2D eigenvalue weighted by Gasteiger charge is 2.36. The lowest BCUT2D eigenvalue weighted by molar-refractivity contribution is -0.129. The largest absolute Gasteiger partial charge is 0.497 e. The zero-order valence-corrected chi connectivity index (χ0v) is 24.3. The van der Waals surface area contributed by atoms with Crippen LogP contribution >= 0.6 is 11.8 Å². The Balaban J connectivity index is 1.55. The van der Waals surface area contributed by atoms with E-state index in [9.17, 15) is 19.2 Å². The molecule has 1 heterocycles. The number of ether oxygens (including phenoxy) is 3. The van der Waals surface area contributed by atoms with Crippen molar-refractivity contribution in [1.29, 1.82) is 0 Å². The summed E-state index contributed by atoms with van der Waals surface area (Å²) in [6, 6.07) is 20.2. The summed E-state index contributed by atoms with van der Waals surface area (Å²) in [5.41, 5.74) is 2.60. The van der Waals surface area contributed by atoms with Gasteiger partial charge in [-0.2, -0.15) is 0 Å². The van der Waals surface area contributed by atoms with Crippen LogP contribution in [0.2, 0.25) is 0 Å². The molecule has 0 aromatic heterocycles. The van der Waals surface area contributed by atoms with Crippen molar-refractivity contribution in [2.75, 3.05) is 25.6 Å². The van der Waals surface area contributed by atoms with Crippen molar-refractivity contribution in [3.63, 3.8) is 0 Å². The standard InChI is InChI=1S/C31H31N3O7S/c1-4-40-29(37)21-8-12-23(13-9-21)32-28(36)26-18-27(35)34(19-20-6-16-25(39-3)17-7-20)31(42-26)33-24-14-10-22(11-15-24)30(38)41-5-2/h6-17,26H,4-5,18-19H2,1-3H3,(H,32,36)/t26-/m0/s1. The van der Waals surface area contributed by atoms with Crippen LogP contribution in [0.1, 0.15) is 46.5 Å². The Kier molecular flexibility index (Phi) is 10.3. The molecule has 2 amide bonds. The van der Waals surface area contributed by atoms with Gasteiger partial charge >= 0.3 is 11.9 Å². The molecule has 0 saturated carbocycles. The fraction of sp³-hybridized carbons (Fsp3) is 0.258. The summed E-state index contributed by atoms with van der Waals surface area (Å²) in [6.45, 7) is 4.24. The third-order valence-corrected chi connectivity index (χ3v) is 7.39. The number of nitrogens with one attached hydrogen (secondary N) is 1. The van der Waals surface area contributed by atoms with E-state index < -0.39 is 17.2 Å². The van der Waals surface area contributed by atoms with E-state index in [0.717, 1.165) is 5.56 Å². The first-order chi connectivity index (χ1) is 20.3. The number of hydrogen-bond acceptors (Lipinski definition) is 9. The number of carbonyl (C=O) groups excluding carboxylic acids is 4. The second-order valence-corrected chi connectivity index (χ2v) is 10.3. The number of esters is 2. The number of carbonyl (C=O) groups is 4. The van der Waals surface area contributed by atoms with Crippen LogP contribution in [0.3, 0.4) is 0 Å². The molecular weight excluding hydrogens is 558 g/mol. The molecule has 1 N–H and O–H groups in total. The molecule has 0 aliphatic carbocycles. The summed E-state index contributed by atoms with van der Waals surface area (Å²) in [6.07, 6.45) is -0.0334. The first-order valence-corrected chi connectivity index (χ1v) is 14.2. The molecule has 0 unspecified atom stereocenters. The quantitative estimate of drug-likeness (QED) is 0.320. The second kappa shape index (κ2) is 14.3. The second-order valence-electron chi connectivity index (χ2n) is 9.09. The molecule has 1 aliphatic rings. The first-order valence-electron chi connectivity index (χ1n) is 13.3. The Bertz CT molecular complexity index is 1460. The number of nitrogens with zero attached hydrogens (tertiary/aromatic N) is 2. The van der Waals surface area contributed by atoms with Crippen molar-refractivity contribution in [3.05, 3.63) is 89.5 Å². The van der Waals surface area contributed by atoms with Gasteiger partial charge in [-0.1, -0.05) is 23.9 Å². The maximum Gasteiger partial charge on any atom is 0.338 e. The number of aliphatic imine (C=N–C) groups is 1. The van der Waals surface area contributed by atoms with Gasteiger partial charge in [0.2, 0.25) is 11.8 Å². The van der Waals surface area contributed by atoms with E-state index in [4.69, 9.17) is 19.2 Å². The third kappa shape index (κ3) is 7.76. The van der Waals surface area contributed by atoms with Gasteiger partial charge in [0.05, 0.1) is 43.7 Å². The number of thioether (sulfide) groups is 1. The number of anilines is 1. The van der Waals surface area contributed by atoms with Gasteiger partial charge in [0.25, 0.3) is 0 Å². The molecular formula is C31H31N3O7S. The van der Waals surface area contributed by atoms with Gasteiger partial charge in [0, 0.05) is 12.1 Å². The Morgan fingerprint density at radius 1 is 0.881 bits per heavy atom. The molecule has 1 fully saturated rings. The topological polar surface area (TPSA) is 124 Å². The van der Waals surface area contributed by atoms with Crippen LogP contribution < -0.4 is 10.1 Å². The molecule has 42 heavy (non-hydrogen) atoms. The highest BCUT2D eigenvalue weighted by molar-refractivity contribution is 8.15. The average molecular weight is 590 g/mol. The normalized spacial score (nSPS) is 15.7. The number of rotatable bonds is 10. The summed E-state index contributed by atoms with van der Waals surface area (Å²) in [7, 11) is 1.58. The molecule has 1 saturated heterocycles. The molecule has 0 spiro atoms. The lowest BCUT2D eigenvalue weighted by atomic mass is 10.1. The molecule has 3 aromatic rings. The van der Waals surface area contributed by atoms with Gasteiger partial charge < -0.3 is 19.5 Å². The Morgan fingerprint density at radius 2 is 1.45 bits per heavy atom. The van der Waals surface area contributed by atoms with E-state index in [0.29, 0.717) is 33.4 Å². The van der Waals surface area contributed by atoms with E-state index in [-0.39, 0.29) is 38.0 Å². The van der Waals surface area contributed by atoms with Crippen molar-refractivity contribution < 1.29 is 33.4 Å². The Hall–Kier alpha value is -4.64. The monoisotopic (exact) mass is 589 g/mol. The minimum absolute atomic E-state index is 0.0334. The Labute approximate surface area is 248 Å². The molecule has 11 heteroatoms. The third-order valence-electron chi connectivity index (χ3n) is 6.20. The molecule has 10 nitrogen and oxygen atoms in total. The fourth-order valence-electron chi connectivity index (χ4n) is 4.03. The number of hydrogen-bond donors (Lipinski definition) is 1. The van der Waals surface area contributed by atoms with Gasteiger partial charge in [-0.05, 0) is 80.1 Å². The van der Waals surface area contributed by atoms with Crippen molar-refractivity contribution in [2.24, 2.45) is 4.99 Å². The summed E-state index contributed by atoms with van der Waals surface area (Å²) >= 11 is 1.18. The molecule has 3 aromatic carbocycles. The number of methoxy groups -OCH3 is 1. The average Bonchev–Trinajstić information content (AvgIpc) is 3.00. The van der Waals surface area contributed by atoms with Gasteiger partial charge in [-0.25, -0.2) is 14.6 Å². The minimum atomic E-state index is -0.744. The number of amides is 2. The summed E-state index contributed by atoms with van der Waals surface area (Å²) in [5, 5.41) is 2.43. The molecule has 0 bridgehead atoms. The van der Waals surface area contributed by atoms with E-state index in [1.54, 1.807) is 74.4 Å². The zero-order valence-electron chi connectivity index (χ0n) is 23.5. The highest BCUT2D eigenvalue weighted by atomic mass is 32.2. The smallest absolute Gasteiger partial charge is 0.338 e. The minimum Gasteiger partial charge on any atom is -0.497 e. The SMILES string of the molecule is CCOC(=O)c1ccc(N=C2S[C@H](C(=O)Nc3ccc(C(=O)OCC)cc3)CC(=O)N2Cc2ccc(OC)cc2)cc1. The highest BCUT2D eigenvalue weighted by Crippen LogP contribution is 2.31. The van der Waals surface area contributed by atoms with Crippen molar-refractivity contribution in [1.82, 2.24) is 4.90 Å². The van der Waals surface area contributed by atoms with E-state index in [2.05, 4.69) is 5.32 Å². The van der Waals surface area contributed by atoms with Crippen molar-refractivity contribution in [3.8, 4) is 5.75 Å². The van der Waals surface area contributed by atoms with Crippen LogP contribution in [0.15, 0.2) is 77.8 Å². The maximum atomic E-state index is 13.4. The summed E-state index contributed by atoms with van der Waals surface area (Å²) in [4.78, 5) is 56.8. The Morgan fingerprint density at radius 3 is 2.00 bits per heavy atom. The maximum absolute atomic E-state index is 13.4. The lowest BCUT2D eigenvalue weighted by Gasteiger charge is -2.32. The van der Waals surface area contributed by atoms with Crippen molar-refractivity contribution in [2.45, 2.75) is 32.1 Å². The molecule has 0 radical (unpaired) electrons. The van der Waals surface area contributed by atoms with E-state index >= 15 is 0 Å². The molecule has 4 rings (SSSR count). The molecule has 1 atom stereocenters.